The van der Waals surface area contributed by atoms with Crippen LogP contribution in [0.25, 0.3) is 0 Å². The van der Waals surface area contributed by atoms with Gasteiger partial charge in [-0.25, -0.2) is 0 Å². The van der Waals surface area contributed by atoms with E-state index in [0.29, 0.717) is 12.5 Å². The van der Waals surface area contributed by atoms with Gasteiger partial charge in [0.1, 0.15) is 0 Å². The molecule has 0 aromatic carbocycles. The molecule has 0 bridgehead atoms. The maximum Gasteiger partial charge on any atom is 0.229 e. The van der Waals surface area contributed by atoms with Gasteiger partial charge in [0, 0.05) is 26.1 Å². The van der Waals surface area contributed by atoms with Gasteiger partial charge in [0.2, 0.25) is 5.89 Å². The molecule has 5 heteroatoms. The number of hydrogen-bond acceptors (Lipinski definition) is 5. The molecule has 1 aliphatic carbocycles. The zero-order chi connectivity index (χ0) is 10.7. The topological polar surface area (TPSA) is 68.4 Å². The molecule has 1 saturated carbocycles. The molecule has 15 heavy (non-hydrogen) atoms. The number of methoxy groups -OCH3 is 1. The molecular weight excluding hydrogens is 196 g/mol. The highest BCUT2D eigenvalue weighted by Crippen LogP contribution is 2.35. The summed E-state index contributed by atoms with van der Waals surface area (Å²) in [6.07, 6.45) is 3.01. The van der Waals surface area contributed by atoms with Crippen molar-refractivity contribution in [3.05, 3.63) is 11.7 Å². The van der Waals surface area contributed by atoms with Crippen LogP contribution in [-0.4, -0.2) is 35.1 Å². The molecule has 0 unspecified atom stereocenters. The molecule has 1 N–H and O–H groups in total. The zero-order valence-electron chi connectivity index (χ0n) is 8.85. The van der Waals surface area contributed by atoms with Crippen LogP contribution in [0.15, 0.2) is 4.52 Å². The fourth-order valence-corrected chi connectivity index (χ4v) is 1.70. The van der Waals surface area contributed by atoms with Crippen LogP contribution in [0.1, 0.15) is 36.9 Å². The van der Waals surface area contributed by atoms with Gasteiger partial charge in [-0.15, -0.1) is 0 Å². The third-order valence-corrected chi connectivity index (χ3v) is 2.70. The maximum absolute atomic E-state index is 9.15. The standard InChI is InChI=1S/C10H16N2O3/c1-14-4-2-3-9-11-10(15-12-9)7-5-8(13)6-7/h7-8,13H,2-6H2,1H3. The van der Waals surface area contributed by atoms with Gasteiger partial charge in [-0.3, -0.25) is 0 Å². The number of rotatable bonds is 5. The molecule has 84 valence electrons. The van der Waals surface area contributed by atoms with E-state index < -0.39 is 0 Å². The fraction of sp³-hybridized carbons (Fsp3) is 0.800. The second kappa shape index (κ2) is 4.72. The van der Waals surface area contributed by atoms with Gasteiger partial charge in [-0.1, -0.05) is 5.16 Å². The maximum atomic E-state index is 9.15. The Hall–Kier alpha value is -0.940. The highest BCUT2D eigenvalue weighted by molar-refractivity contribution is 5.01. The largest absolute Gasteiger partial charge is 0.393 e. The summed E-state index contributed by atoms with van der Waals surface area (Å²) in [5.74, 6) is 1.68. The van der Waals surface area contributed by atoms with Crippen LogP contribution in [0.5, 0.6) is 0 Å². The Kier molecular flexibility index (Phi) is 3.33. The van der Waals surface area contributed by atoms with Gasteiger partial charge in [-0.05, 0) is 19.3 Å². The molecule has 0 amide bonds. The van der Waals surface area contributed by atoms with Crippen molar-refractivity contribution in [1.29, 1.82) is 0 Å². The molecule has 1 fully saturated rings. The monoisotopic (exact) mass is 212 g/mol. The third kappa shape index (κ3) is 2.54. The van der Waals surface area contributed by atoms with Gasteiger partial charge in [-0.2, -0.15) is 4.98 Å². The van der Waals surface area contributed by atoms with Crippen molar-refractivity contribution in [3.8, 4) is 0 Å². The normalized spacial score (nSPS) is 25.2. The van der Waals surface area contributed by atoms with Crippen molar-refractivity contribution in [2.45, 2.75) is 37.7 Å². The minimum Gasteiger partial charge on any atom is -0.393 e. The second-order valence-electron chi connectivity index (χ2n) is 3.97. The highest BCUT2D eigenvalue weighted by atomic mass is 16.5. The van der Waals surface area contributed by atoms with Crippen LogP contribution < -0.4 is 0 Å². The van der Waals surface area contributed by atoms with Crippen molar-refractivity contribution in [2.24, 2.45) is 0 Å². The lowest BCUT2D eigenvalue weighted by Gasteiger charge is -2.27. The van der Waals surface area contributed by atoms with E-state index in [-0.39, 0.29) is 12.0 Å². The molecule has 1 aromatic heterocycles. The van der Waals surface area contributed by atoms with Gasteiger partial charge in [0.25, 0.3) is 0 Å². The lowest BCUT2D eigenvalue weighted by Crippen LogP contribution is -2.26. The summed E-state index contributed by atoms with van der Waals surface area (Å²) in [7, 11) is 1.68. The first-order chi connectivity index (χ1) is 7.29. The first kappa shape index (κ1) is 10.6. The second-order valence-corrected chi connectivity index (χ2v) is 3.97. The predicted octanol–water partition coefficient (Wildman–Crippen LogP) is 0.887. The molecule has 1 aromatic rings. The first-order valence-corrected chi connectivity index (χ1v) is 5.29. The highest BCUT2D eigenvalue weighted by Gasteiger charge is 2.32. The summed E-state index contributed by atoms with van der Waals surface area (Å²) in [4.78, 5) is 4.29. The summed E-state index contributed by atoms with van der Waals surface area (Å²) in [6, 6.07) is 0. The number of aryl methyl sites for hydroxylation is 1. The van der Waals surface area contributed by atoms with Crippen LogP contribution >= 0.6 is 0 Å². The van der Waals surface area contributed by atoms with Crippen molar-refractivity contribution in [2.75, 3.05) is 13.7 Å². The number of ether oxygens (including phenoxy) is 1. The number of aliphatic hydroxyl groups excluding tert-OH is 1. The lowest BCUT2D eigenvalue weighted by atomic mass is 9.82. The SMILES string of the molecule is COCCCc1noc(C2CC(O)C2)n1. The van der Waals surface area contributed by atoms with E-state index in [1.54, 1.807) is 7.11 Å². The van der Waals surface area contributed by atoms with E-state index in [4.69, 9.17) is 14.4 Å². The molecule has 0 aliphatic heterocycles. The van der Waals surface area contributed by atoms with Crippen LogP contribution in [-0.2, 0) is 11.2 Å². The van der Waals surface area contributed by atoms with E-state index >= 15 is 0 Å². The molecule has 5 nitrogen and oxygen atoms in total. The average molecular weight is 212 g/mol. The Morgan fingerprint density at radius 1 is 1.53 bits per heavy atom. The fourth-order valence-electron chi connectivity index (χ4n) is 1.70. The van der Waals surface area contributed by atoms with E-state index in [0.717, 1.165) is 31.5 Å². The molecule has 0 spiro atoms. The Morgan fingerprint density at radius 2 is 2.33 bits per heavy atom. The minimum atomic E-state index is -0.182. The quantitative estimate of drug-likeness (QED) is 0.734. The Balaban J connectivity index is 1.82. The Bertz CT molecular complexity index is 307. The van der Waals surface area contributed by atoms with Crippen molar-refractivity contribution < 1.29 is 14.4 Å². The van der Waals surface area contributed by atoms with E-state index in [2.05, 4.69) is 10.1 Å². The van der Waals surface area contributed by atoms with E-state index in [1.165, 1.54) is 0 Å². The van der Waals surface area contributed by atoms with Crippen molar-refractivity contribution >= 4 is 0 Å². The molecule has 0 atom stereocenters. The Morgan fingerprint density at radius 3 is 3.00 bits per heavy atom. The summed E-state index contributed by atoms with van der Waals surface area (Å²) in [6.45, 7) is 0.714. The lowest BCUT2D eigenvalue weighted by molar-refractivity contribution is 0.0625. The van der Waals surface area contributed by atoms with Crippen LogP contribution in [0.4, 0.5) is 0 Å². The van der Waals surface area contributed by atoms with E-state index in [9.17, 15) is 0 Å². The number of hydrogen-bond donors (Lipinski definition) is 1. The number of aliphatic hydroxyl groups is 1. The van der Waals surface area contributed by atoms with Gasteiger partial charge >= 0.3 is 0 Å². The molecular formula is C10H16N2O3. The number of aromatic nitrogens is 2. The molecule has 1 heterocycles. The van der Waals surface area contributed by atoms with Gasteiger partial charge < -0.3 is 14.4 Å². The Labute approximate surface area is 88.4 Å². The number of nitrogens with zero attached hydrogens (tertiary/aromatic N) is 2. The zero-order valence-corrected chi connectivity index (χ0v) is 8.85. The summed E-state index contributed by atoms with van der Waals surface area (Å²) >= 11 is 0. The summed E-state index contributed by atoms with van der Waals surface area (Å²) < 4.78 is 10.1. The predicted molar refractivity (Wildman–Crippen MR) is 52.5 cm³/mol. The van der Waals surface area contributed by atoms with Crippen LogP contribution in [0.2, 0.25) is 0 Å². The first-order valence-electron chi connectivity index (χ1n) is 5.29. The molecule has 0 radical (unpaired) electrons. The van der Waals surface area contributed by atoms with Crippen molar-refractivity contribution in [1.82, 2.24) is 10.1 Å². The van der Waals surface area contributed by atoms with Gasteiger partial charge in [0.05, 0.1) is 6.10 Å². The van der Waals surface area contributed by atoms with Crippen molar-refractivity contribution in [3.63, 3.8) is 0 Å². The molecule has 1 aliphatic rings. The average Bonchev–Trinajstić information content (AvgIpc) is 2.62. The summed E-state index contributed by atoms with van der Waals surface area (Å²) in [5, 5.41) is 13.0. The van der Waals surface area contributed by atoms with E-state index in [1.807, 2.05) is 0 Å². The third-order valence-electron chi connectivity index (χ3n) is 2.70. The molecule has 2 rings (SSSR count). The summed E-state index contributed by atoms with van der Waals surface area (Å²) in [5.41, 5.74) is 0. The van der Waals surface area contributed by atoms with Gasteiger partial charge in [0.15, 0.2) is 5.82 Å². The molecule has 0 saturated heterocycles. The minimum absolute atomic E-state index is 0.182. The van der Waals surface area contributed by atoms with Crippen LogP contribution in [0, 0.1) is 0 Å². The van der Waals surface area contributed by atoms with Crippen LogP contribution in [0.3, 0.4) is 0 Å². The smallest absolute Gasteiger partial charge is 0.229 e.